The Morgan fingerprint density at radius 2 is 1.95 bits per heavy atom. The molecule has 20 heavy (non-hydrogen) atoms. The summed E-state index contributed by atoms with van der Waals surface area (Å²) in [6, 6.07) is 9.21. The third-order valence-electron chi connectivity index (χ3n) is 3.19. The highest BCUT2D eigenvalue weighted by Gasteiger charge is 2.31. The van der Waals surface area contributed by atoms with Crippen molar-refractivity contribution in [1.29, 1.82) is 0 Å². The van der Waals surface area contributed by atoms with Gasteiger partial charge in [-0.05, 0) is 15.8 Å². The van der Waals surface area contributed by atoms with Crippen molar-refractivity contribution in [2.24, 2.45) is 5.41 Å². The van der Waals surface area contributed by atoms with Crippen molar-refractivity contribution in [1.82, 2.24) is 20.2 Å². The molecule has 1 atom stereocenters. The van der Waals surface area contributed by atoms with Crippen molar-refractivity contribution in [2.45, 2.75) is 33.2 Å². The number of nitrogens with zero attached hydrogens (tertiary/aromatic N) is 4. The Morgan fingerprint density at radius 1 is 1.30 bits per heavy atom. The lowest BCUT2D eigenvalue weighted by atomic mass is 9.84. The number of rotatable bonds is 4. The fraction of sp³-hybridized carbons (Fsp3) is 0.429. The first-order chi connectivity index (χ1) is 9.39. The van der Waals surface area contributed by atoms with E-state index < -0.39 is 5.97 Å². The third-order valence-corrected chi connectivity index (χ3v) is 3.19. The zero-order valence-corrected chi connectivity index (χ0v) is 11.8. The van der Waals surface area contributed by atoms with Gasteiger partial charge in [0.1, 0.15) is 0 Å². The second-order valence-electron chi connectivity index (χ2n) is 5.79. The summed E-state index contributed by atoms with van der Waals surface area (Å²) in [5.41, 5.74) is 0.606. The molecule has 0 saturated carbocycles. The van der Waals surface area contributed by atoms with Gasteiger partial charge in [-0.3, -0.25) is 4.79 Å². The molecule has 2 rings (SSSR count). The van der Waals surface area contributed by atoms with E-state index in [0.717, 1.165) is 5.56 Å². The summed E-state index contributed by atoms with van der Waals surface area (Å²) in [6.07, 6.45) is -0.0195. The molecule has 2 aromatic rings. The zero-order chi connectivity index (χ0) is 14.8. The van der Waals surface area contributed by atoms with E-state index in [-0.39, 0.29) is 17.9 Å². The standard InChI is InChI=1S/C14H18N4O2/c1-14(2,3)11(9-12(19)20)18-13(15-16-17-18)10-7-5-4-6-8-10/h4-8,11H,9H2,1-3H3,(H,19,20). The van der Waals surface area contributed by atoms with Crippen molar-refractivity contribution < 1.29 is 9.90 Å². The van der Waals surface area contributed by atoms with Gasteiger partial charge in [-0.15, -0.1) is 5.10 Å². The first-order valence-electron chi connectivity index (χ1n) is 6.44. The van der Waals surface area contributed by atoms with Crippen molar-refractivity contribution >= 4 is 5.97 Å². The number of hydrogen-bond donors (Lipinski definition) is 1. The average molecular weight is 274 g/mol. The first-order valence-corrected chi connectivity index (χ1v) is 6.44. The quantitative estimate of drug-likeness (QED) is 0.925. The van der Waals surface area contributed by atoms with Gasteiger partial charge in [-0.1, -0.05) is 51.1 Å². The molecule has 0 aliphatic heterocycles. The van der Waals surface area contributed by atoms with E-state index in [9.17, 15) is 4.79 Å². The Labute approximate surface area is 117 Å². The van der Waals surface area contributed by atoms with Crippen LogP contribution in [0.15, 0.2) is 30.3 Å². The summed E-state index contributed by atoms with van der Waals surface area (Å²) in [6.45, 7) is 5.95. The van der Waals surface area contributed by atoms with Gasteiger partial charge in [0, 0.05) is 5.56 Å². The fourth-order valence-corrected chi connectivity index (χ4v) is 2.11. The molecule has 1 N–H and O–H groups in total. The van der Waals surface area contributed by atoms with Crippen LogP contribution in [0.2, 0.25) is 0 Å². The molecule has 6 nitrogen and oxygen atoms in total. The van der Waals surface area contributed by atoms with Crippen LogP contribution in [0.4, 0.5) is 0 Å². The molecule has 0 fully saturated rings. The maximum absolute atomic E-state index is 11.1. The molecule has 1 aromatic heterocycles. The Balaban J connectivity index is 2.46. The van der Waals surface area contributed by atoms with Gasteiger partial charge in [0.05, 0.1) is 12.5 Å². The molecule has 0 spiro atoms. The molecule has 1 unspecified atom stereocenters. The van der Waals surface area contributed by atoms with Gasteiger partial charge in [0.2, 0.25) is 0 Å². The van der Waals surface area contributed by atoms with Crippen molar-refractivity contribution in [3.8, 4) is 11.4 Å². The van der Waals surface area contributed by atoms with Crippen LogP contribution in [0.25, 0.3) is 11.4 Å². The van der Waals surface area contributed by atoms with Gasteiger partial charge in [-0.25, -0.2) is 4.68 Å². The van der Waals surface area contributed by atoms with Crippen LogP contribution in [-0.4, -0.2) is 31.3 Å². The van der Waals surface area contributed by atoms with Crippen LogP contribution < -0.4 is 0 Å². The van der Waals surface area contributed by atoms with Gasteiger partial charge in [-0.2, -0.15) is 0 Å². The monoisotopic (exact) mass is 274 g/mol. The highest BCUT2D eigenvalue weighted by atomic mass is 16.4. The van der Waals surface area contributed by atoms with Gasteiger partial charge >= 0.3 is 5.97 Å². The number of hydrogen-bond acceptors (Lipinski definition) is 4. The fourth-order valence-electron chi connectivity index (χ4n) is 2.11. The Morgan fingerprint density at radius 3 is 2.50 bits per heavy atom. The molecular formula is C14H18N4O2. The topological polar surface area (TPSA) is 80.9 Å². The van der Waals surface area contributed by atoms with Crippen molar-refractivity contribution in [3.05, 3.63) is 30.3 Å². The molecule has 0 aliphatic rings. The van der Waals surface area contributed by atoms with E-state index in [4.69, 9.17) is 5.11 Å². The molecule has 0 saturated heterocycles. The predicted molar refractivity (Wildman–Crippen MR) is 74.0 cm³/mol. The highest BCUT2D eigenvalue weighted by molar-refractivity contribution is 5.67. The second-order valence-corrected chi connectivity index (χ2v) is 5.79. The smallest absolute Gasteiger partial charge is 0.305 e. The number of carboxylic acid groups (broad SMARTS) is 1. The van der Waals surface area contributed by atoms with Crippen LogP contribution in [0.5, 0.6) is 0 Å². The van der Waals surface area contributed by atoms with E-state index in [2.05, 4.69) is 15.5 Å². The maximum atomic E-state index is 11.1. The zero-order valence-electron chi connectivity index (χ0n) is 11.8. The SMILES string of the molecule is CC(C)(C)C(CC(=O)O)n1nnnc1-c1ccccc1. The number of aromatic nitrogens is 4. The Bertz CT molecular complexity index is 587. The number of tetrazole rings is 1. The molecule has 0 radical (unpaired) electrons. The van der Waals surface area contributed by atoms with Crippen LogP contribution in [0, 0.1) is 5.41 Å². The largest absolute Gasteiger partial charge is 0.481 e. The predicted octanol–water partition coefficient (Wildman–Crippen LogP) is 2.40. The third kappa shape index (κ3) is 3.01. The summed E-state index contributed by atoms with van der Waals surface area (Å²) < 4.78 is 1.61. The van der Waals surface area contributed by atoms with Gasteiger partial charge < -0.3 is 5.11 Å². The molecule has 1 aromatic carbocycles. The van der Waals surface area contributed by atoms with E-state index in [0.29, 0.717) is 5.82 Å². The summed E-state index contributed by atoms with van der Waals surface area (Å²) in [5.74, 6) is -0.272. The molecular weight excluding hydrogens is 256 g/mol. The van der Waals surface area contributed by atoms with Crippen LogP contribution in [0.3, 0.4) is 0 Å². The number of carbonyl (C=O) groups is 1. The number of carboxylic acids is 1. The minimum Gasteiger partial charge on any atom is -0.481 e. The molecule has 1 heterocycles. The van der Waals surface area contributed by atoms with Crippen LogP contribution >= 0.6 is 0 Å². The lowest BCUT2D eigenvalue weighted by Gasteiger charge is -2.29. The molecule has 0 amide bonds. The highest BCUT2D eigenvalue weighted by Crippen LogP contribution is 2.35. The molecule has 0 bridgehead atoms. The molecule has 6 heteroatoms. The van der Waals surface area contributed by atoms with Gasteiger partial charge in [0.15, 0.2) is 5.82 Å². The Hall–Kier alpha value is -2.24. The van der Waals surface area contributed by atoms with Crippen LogP contribution in [-0.2, 0) is 4.79 Å². The van der Waals surface area contributed by atoms with E-state index in [1.807, 2.05) is 51.1 Å². The van der Waals surface area contributed by atoms with Gasteiger partial charge in [0.25, 0.3) is 0 Å². The Kier molecular flexibility index (Phi) is 3.83. The van der Waals surface area contributed by atoms with E-state index in [1.165, 1.54) is 0 Å². The first kappa shape index (κ1) is 14.2. The van der Waals surface area contributed by atoms with Crippen molar-refractivity contribution in [2.75, 3.05) is 0 Å². The summed E-state index contributed by atoms with van der Waals surface area (Å²) in [7, 11) is 0. The molecule has 106 valence electrons. The minimum atomic E-state index is -0.862. The van der Waals surface area contributed by atoms with E-state index >= 15 is 0 Å². The van der Waals surface area contributed by atoms with Crippen molar-refractivity contribution in [3.63, 3.8) is 0 Å². The van der Waals surface area contributed by atoms with Crippen LogP contribution in [0.1, 0.15) is 33.2 Å². The maximum Gasteiger partial charge on any atom is 0.305 e. The summed E-state index contributed by atoms with van der Waals surface area (Å²) >= 11 is 0. The minimum absolute atomic E-state index is 0.0195. The average Bonchev–Trinajstić information content (AvgIpc) is 2.84. The normalized spacial score (nSPS) is 13.2. The number of benzene rings is 1. The molecule has 0 aliphatic carbocycles. The van der Waals surface area contributed by atoms with E-state index in [1.54, 1.807) is 4.68 Å². The lowest BCUT2D eigenvalue weighted by Crippen LogP contribution is -2.28. The summed E-state index contributed by atoms with van der Waals surface area (Å²) in [5, 5.41) is 20.9. The lowest BCUT2D eigenvalue weighted by molar-refractivity contribution is -0.138. The summed E-state index contributed by atoms with van der Waals surface area (Å²) in [4.78, 5) is 11.1. The second kappa shape index (κ2) is 5.40. The number of aliphatic carboxylic acids is 1.